The number of ether oxygens (including phenoxy) is 1. The molecule has 0 saturated carbocycles. The highest BCUT2D eigenvalue weighted by molar-refractivity contribution is 7.89. The third-order valence-electron chi connectivity index (χ3n) is 3.40. The van der Waals surface area contributed by atoms with Crippen LogP contribution in [0.1, 0.15) is 25.0 Å². The molecule has 0 fully saturated rings. The minimum atomic E-state index is -3.47. The zero-order valence-electron chi connectivity index (χ0n) is 12.0. The lowest BCUT2D eigenvalue weighted by molar-refractivity contribution is 0.223. The second-order valence-corrected chi connectivity index (χ2v) is 7.00. The first kappa shape index (κ1) is 16.0. The highest BCUT2D eigenvalue weighted by Gasteiger charge is 2.20. The molecule has 0 spiro atoms. The van der Waals surface area contributed by atoms with Crippen LogP contribution in [0.25, 0.3) is 0 Å². The van der Waals surface area contributed by atoms with Crippen LogP contribution in [0.3, 0.4) is 0 Å². The number of hydrogen-bond donors (Lipinski definition) is 1. The van der Waals surface area contributed by atoms with Crippen LogP contribution in [0.2, 0.25) is 0 Å². The number of nitrogens with two attached hydrogens (primary N) is 1. The fourth-order valence-electron chi connectivity index (χ4n) is 1.81. The molecule has 2 N–H and O–H groups in total. The largest absolute Gasteiger partial charge is 0.493 e. The van der Waals surface area contributed by atoms with Gasteiger partial charge in [0, 0.05) is 5.92 Å². The van der Waals surface area contributed by atoms with Gasteiger partial charge in [0.15, 0.2) is 0 Å². The molecule has 0 heterocycles. The van der Waals surface area contributed by atoms with Gasteiger partial charge in [-0.15, -0.1) is 0 Å². The van der Waals surface area contributed by atoms with Gasteiger partial charge in [-0.3, -0.25) is 0 Å². The number of aryl methyl sites for hydroxylation is 1. The Morgan fingerprint density at radius 3 is 2.42 bits per heavy atom. The van der Waals surface area contributed by atoms with Gasteiger partial charge in [0.25, 0.3) is 0 Å². The van der Waals surface area contributed by atoms with Gasteiger partial charge in [0.05, 0.1) is 12.4 Å². The molecule has 1 rings (SSSR count). The maximum Gasteiger partial charge on any atom is 0.209 e. The molecule has 0 amide bonds. The molecule has 1 atom stereocenters. The summed E-state index contributed by atoms with van der Waals surface area (Å²) in [7, 11) is -3.47. The van der Waals surface area contributed by atoms with Gasteiger partial charge in [0.2, 0.25) is 10.0 Å². The first-order chi connectivity index (χ1) is 8.70. The Hall–Kier alpha value is -1.07. The van der Waals surface area contributed by atoms with E-state index in [4.69, 9.17) is 9.88 Å². The molecular formula is C14H23NO3S. The number of hydrogen-bond acceptors (Lipinski definition) is 3. The molecule has 0 aliphatic rings. The summed E-state index contributed by atoms with van der Waals surface area (Å²) in [5.74, 6) is 0.855. The highest BCUT2D eigenvalue weighted by Crippen LogP contribution is 2.22. The van der Waals surface area contributed by atoms with Gasteiger partial charge < -0.3 is 4.74 Å². The molecular weight excluding hydrogens is 262 g/mol. The summed E-state index contributed by atoms with van der Waals surface area (Å²) in [6.07, 6.45) is 0. The Labute approximate surface area is 116 Å². The van der Waals surface area contributed by atoms with Crippen molar-refractivity contribution in [1.82, 2.24) is 0 Å². The SMILES string of the molecule is Cc1cccc(OCC(CS(N)(=O)=O)C(C)C)c1C. The number of benzene rings is 1. The lowest BCUT2D eigenvalue weighted by atomic mass is 9.99. The van der Waals surface area contributed by atoms with Crippen molar-refractivity contribution in [2.24, 2.45) is 17.0 Å². The number of sulfonamides is 1. The van der Waals surface area contributed by atoms with Gasteiger partial charge in [-0.25, -0.2) is 13.6 Å². The molecule has 0 aliphatic heterocycles. The summed E-state index contributed by atoms with van der Waals surface area (Å²) in [6, 6.07) is 5.85. The molecule has 4 nitrogen and oxygen atoms in total. The van der Waals surface area contributed by atoms with Gasteiger partial charge in [0.1, 0.15) is 5.75 Å². The molecule has 1 aromatic rings. The minimum absolute atomic E-state index is 0.0461. The second-order valence-electron chi connectivity index (χ2n) is 5.34. The van der Waals surface area contributed by atoms with Crippen molar-refractivity contribution < 1.29 is 13.2 Å². The molecule has 19 heavy (non-hydrogen) atoms. The van der Waals surface area contributed by atoms with E-state index in [-0.39, 0.29) is 17.6 Å². The first-order valence-corrected chi connectivity index (χ1v) is 8.11. The predicted octanol–water partition coefficient (Wildman–Crippen LogP) is 2.24. The number of primary sulfonamides is 1. The molecule has 1 unspecified atom stereocenters. The van der Waals surface area contributed by atoms with Crippen LogP contribution in [-0.2, 0) is 10.0 Å². The predicted molar refractivity (Wildman–Crippen MR) is 77.7 cm³/mol. The summed E-state index contributed by atoms with van der Waals surface area (Å²) in [5.41, 5.74) is 2.24. The monoisotopic (exact) mass is 285 g/mol. The summed E-state index contributed by atoms with van der Waals surface area (Å²) in [4.78, 5) is 0. The minimum Gasteiger partial charge on any atom is -0.493 e. The summed E-state index contributed by atoms with van der Waals surface area (Å²) >= 11 is 0. The molecule has 0 radical (unpaired) electrons. The Kier molecular flexibility index (Phi) is 5.38. The molecule has 5 heteroatoms. The molecule has 0 bridgehead atoms. The fourth-order valence-corrected chi connectivity index (χ4v) is 2.89. The molecule has 0 aromatic heterocycles. The van der Waals surface area contributed by atoms with E-state index < -0.39 is 10.0 Å². The van der Waals surface area contributed by atoms with Gasteiger partial charge >= 0.3 is 0 Å². The van der Waals surface area contributed by atoms with Gasteiger partial charge in [-0.1, -0.05) is 26.0 Å². The van der Waals surface area contributed by atoms with Crippen molar-refractivity contribution >= 4 is 10.0 Å². The van der Waals surface area contributed by atoms with Gasteiger partial charge in [-0.2, -0.15) is 0 Å². The average Bonchev–Trinajstić information content (AvgIpc) is 2.27. The fraction of sp³-hybridized carbons (Fsp3) is 0.571. The lowest BCUT2D eigenvalue weighted by Gasteiger charge is -2.21. The summed E-state index contributed by atoms with van der Waals surface area (Å²) < 4.78 is 28.2. The van der Waals surface area contributed by atoms with Crippen molar-refractivity contribution in [2.75, 3.05) is 12.4 Å². The normalized spacial score (nSPS) is 13.6. The van der Waals surface area contributed by atoms with Crippen molar-refractivity contribution in [3.63, 3.8) is 0 Å². The first-order valence-electron chi connectivity index (χ1n) is 6.40. The van der Waals surface area contributed by atoms with Gasteiger partial charge in [-0.05, 0) is 37.0 Å². The highest BCUT2D eigenvalue weighted by atomic mass is 32.2. The Bertz CT molecular complexity index is 523. The van der Waals surface area contributed by atoms with E-state index in [1.165, 1.54) is 0 Å². The van der Waals surface area contributed by atoms with Crippen LogP contribution in [0, 0.1) is 25.7 Å². The molecule has 0 saturated heterocycles. The van der Waals surface area contributed by atoms with Crippen molar-refractivity contribution in [3.8, 4) is 5.75 Å². The maximum absolute atomic E-state index is 11.2. The van der Waals surface area contributed by atoms with Crippen LogP contribution in [-0.4, -0.2) is 20.8 Å². The van der Waals surface area contributed by atoms with Crippen LogP contribution >= 0.6 is 0 Å². The zero-order valence-corrected chi connectivity index (χ0v) is 12.8. The Morgan fingerprint density at radius 1 is 1.26 bits per heavy atom. The van der Waals surface area contributed by atoms with Crippen molar-refractivity contribution in [1.29, 1.82) is 0 Å². The zero-order chi connectivity index (χ0) is 14.6. The van der Waals surface area contributed by atoms with Crippen molar-refractivity contribution in [2.45, 2.75) is 27.7 Å². The van der Waals surface area contributed by atoms with E-state index in [1.807, 2.05) is 45.9 Å². The van der Waals surface area contributed by atoms with Crippen LogP contribution in [0.4, 0.5) is 0 Å². The molecule has 108 valence electrons. The van der Waals surface area contributed by atoms with Crippen LogP contribution in [0.15, 0.2) is 18.2 Å². The van der Waals surface area contributed by atoms with E-state index >= 15 is 0 Å². The third-order valence-corrected chi connectivity index (χ3v) is 4.29. The average molecular weight is 285 g/mol. The number of rotatable bonds is 6. The van der Waals surface area contributed by atoms with Crippen LogP contribution < -0.4 is 9.88 Å². The standard InChI is InChI=1S/C14H23NO3S/c1-10(2)13(9-19(15,16)17)8-18-14-7-5-6-11(3)12(14)4/h5-7,10,13H,8-9H2,1-4H3,(H2,15,16,17). The molecule has 0 aliphatic carbocycles. The van der Waals surface area contributed by atoms with E-state index in [0.29, 0.717) is 6.61 Å². The lowest BCUT2D eigenvalue weighted by Crippen LogP contribution is -2.30. The van der Waals surface area contributed by atoms with E-state index in [0.717, 1.165) is 16.9 Å². The van der Waals surface area contributed by atoms with E-state index in [1.54, 1.807) is 0 Å². The second kappa shape index (κ2) is 6.39. The maximum atomic E-state index is 11.2. The Morgan fingerprint density at radius 2 is 1.89 bits per heavy atom. The quantitative estimate of drug-likeness (QED) is 0.871. The summed E-state index contributed by atoms with van der Waals surface area (Å²) in [5, 5.41) is 5.11. The topological polar surface area (TPSA) is 69.4 Å². The van der Waals surface area contributed by atoms with Crippen molar-refractivity contribution in [3.05, 3.63) is 29.3 Å². The summed E-state index contributed by atoms with van der Waals surface area (Å²) in [6.45, 7) is 8.32. The smallest absolute Gasteiger partial charge is 0.209 e. The Balaban J connectivity index is 2.74. The van der Waals surface area contributed by atoms with Crippen LogP contribution in [0.5, 0.6) is 5.75 Å². The van der Waals surface area contributed by atoms with E-state index in [2.05, 4.69) is 0 Å². The molecule has 1 aromatic carbocycles. The van der Waals surface area contributed by atoms with E-state index in [9.17, 15) is 8.42 Å². The third kappa shape index (κ3) is 5.20.